The van der Waals surface area contributed by atoms with Crippen molar-refractivity contribution >= 4 is 45.1 Å². The van der Waals surface area contributed by atoms with Gasteiger partial charge in [-0.2, -0.15) is 4.31 Å². The fourth-order valence-corrected chi connectivity index (χ4v) is 7.98. The summed E-state index contributed by atoms with van der Waals surface area (Å²) in [4.78, 5) is 12.5. The van der Waals surface area contributed by atoms with E-state index in [1.807, 2.05) is 47.8 Å². The Kier molecular flexibility index (Phi) is 7.00. The molecule has 0 radical (unpaired) electrons. The molecule has 2 aromatic rings. The number of amides is 1. The lowest BCUT2D eigenvalue weighted by atomic mass is 10.2. The van der Waals surface area contributed by atoms with Gasteiger partial charge in [-0.1, -0.05) is 18.2 Å². The number of benzene rings is 2. The topological polar surface area (TPSA) is 95.9 Å². The Labute approximate surface area is 190 Å². The molecule has 0 aromatic heterocycles. The number of carbonyl (C=O) groups is 1. The average molecular weight is 481 g/mol. The SMILES string of the molecule is O=C(COc1ccccc1C1SCCS1)Nc1cc(S(=O)(=O)N2CCCC2)ccc1O. The molecular weight excluding hydrogens is 456 g/mol. The molecule has 31 heavy (non-hydrogen) atoms. The van der Waals surface area contributed by atoms with Gasteiger partial charge in [0.1, 0.15) is 11.5 Å². The molecule has 2 aromatic carbocycles. The molecule has 7 nitrogen and oxygen atoms in total. The molecule has 0 atom stereocenters. The molecule has 2 heterocycles. The highest BCUT2D eigenvalue weighted by Gasteiger charge is 2.28. The molecule has 0 bridgehead atoms. The number of sulfonamides is 1. The number of thioether (sulfide) groups is 2. The quantitative estimate of drug-likeness (QED) is 0.584. The molecule has 2 aliphatic heterocycles. The van der Waals surface area contributed by atoms with Crippen LogP contribution in [-0.4, -0.2) is 54.9 Å². The lowest BCUT2D eigenvalue weighted by Gasteiger charge is -2.17. The third kappa shape index (κ3) is 5.14. The van der Waals surface area contributed by atoms with Crippen LogP contribution in [0, 0.1) is 0 Å². The van der Waals surface area contributed by atoms with Crippen LogP contribution in [0.4, 0.5) is 5.69 Å². The van der Waals surface area contributed by atoms with Crippen molar-refractivity contribution < 1.29 is 23.1 Å². The molecule has 2 aliphatic rings. The number of anilines is 1. The number of phenolic OH excluding ortho intramolecular Hbond substituents is 1. The van der Waals surface area contributed by atoms with Crippen molar-refractivity contribution in [3.05, 3.63) is 48.0 Å². The second-order valence-electron chi connectivity index (χ2n) is 7.24. The zero-order valence-corrected chi connectivity index (χ0v) is 19.3. The van der Waals surface area contributed by atoms with Crippen molar-refractivity contribution in [2.75, 3.05) is 36.5 Å². The number of hydrogen-bond donors (Lipinski definition) is 2. The summed E-state index contributed by atoms with van der Waals surface area (Å²) in [6, 6.07) is 11.6. The molecule has 166 valence electrons. The van der Waals surface area contributed by atoms with Gasteiger partial charge in [-0.15, -0.1) is 23.5 Å². The van der Waals surface area contributed by atoms with E-state index in [0.717, 1.165) is 29.9 Å². The van der Waals surface area contributed by atoms with Gasteiger partial charge in [-0.25, -0.2) is 8.42 Å². The number of hydrogen-bond acceptors (Lipinski definition) is 7. The van der Waals surface area contributed by atoms with Crippen LogP contribution in [0.5, 0.6) is 11.5 Å². The van der Waals surface area contributed by atoms with Gasteiger partial charge < -0.3 is 15.2 Å². The molecule has 4 rings (SSSR count). The van der Waals surface area contributed by atoms with Crippen molar-refractivity contribution in [3.8, 4) is 11.5 Å². The van der Waals surface area contributed by atoms with Crippen LogP contribution in [-0.2, 0) is 14.8 Å². The summed E-state index contributed by atoms with van der Waals surface area (Å²) in [5.74, 6) is 2.14. The van der Waals surface area contributed by atoms with E-state index in [0.29, 0.717) is 18.8 Å². The van der Waals surface area contributed by atoms with Gasteiger partial charge in [-0.3, -0.25) is 4.79 Å². The minimum absolute atomic E-state index is 0.0454. The lowest BCUT2D eigenvalue weighted by molar-refractivity contribution is -0.118. The van der Waals surface area contributed by atoms with Crippen LogP contribution in [0.25, 0.3) is 0 Å². The first kappa shape index (κ1) is 22.3. The molecular formula is C21H24N2O5S3. The number of rotatable bonds is 7. The van der Waals surface area contributed by atoms with Crippen molar-refractivity contribution in [2.24, 2.45) is 0 Å². The summed E-state index contributed by atoms with van der Waals surface area (Å²) in [6.07, 6.45) is 1.66. The third-order valence-electron chi connectivity index (χ3n) is 5.10. The average Bonchev–Trinajstić information content (AvgIpc) is 3.48. The van der Waals surface area contributed by atoms with Crippen LogP contribution >= 0.6 is 23.5 Å². The van der Waals surface area contributed by atoms with Crippen LogP contribution < -0.4 is 10.1 Å². The summed E-state index contributed by atoms with van der Waals surface area (Å²) in [6.45, 7) is 0.715. The first-order valence-corrected chi connectivity index (χ1v) is 13.6. The molecule has 10 heteroatoms. The normalized spacial score (nSPS) is 17.7. The fourth-order valence-electron chi connectivity index (χ4n) is 3.53. The largest absolute Gasteiger partial charge is 0.506 e. The highest BCUT2D eigenvalue weighted by atomic mass is 32.2. The molecule has 2 N–H and O–H groups in total. The standard InChI is InChI=1S/C21H24N2O5S3/c24-18-8-7-15(31(26,27)23-9-3-4-10-23)13-17(18)22-20(25)14-28-19-6-2-1-5-16(19)21-29-11-12-30-21/h1-2,5-8,13,21,24H,3-4,9-12,14H2,(H,22,25). The Hall–Kier alpha value is -1.88. The van der Waals surface area contributed by atoms with Gasteiger partial charge in [0.2, 0.25) is 10.0 Å². The first-order valence-electron chi connectivity index (χ1n) is 10.0. The number of phenols is 1. The highest BCUT2D eigenvalue weighted by Crippen LogP contribution is 2.48. The Morgan fingerprint density at radius 3 is 2.58 bits per heavy atom. The van der Waals surface area contributed by atoms with Gasteiger partial charge in [0.15, 0.2) is 6.61 Å². The second kappa shape index (κ2) is 9.72. The lowest BCUT2D eigenvalue weighted by Crippen LogP contribution is -2.28. The summed E-state index contributed by atoms with van der Waals surface area (Å²) < 4.78 is 33.0. The molecule has 2 fully saturated rings. The van der Waals surface area contributed by atoms with Crippen LogP contribution in [0.1, 0.15) is 23.0 Å². The monoisotopic (exact) mass is 480 g/mol. The van der Waals surface area contributed by atoms with Crippen LogP contribution in [0.2, 0.25) is 0 Å². The zero-order chi connectivity index (χ0) is 21.8. The number of aromatic hydroxyl groups is 1. The van der Waals surface area contributed by atoms with Crippen LogP contribution in [0.15, 0.2) is 47.4 Å². The summed E-state index contributed by atoms with van der Waals surface area (Å²) in [5, 5.41) is 12.7. The molecule has 1 amide bonds. The van der Waals surface area contributed by atoms with Crippen molar-refractivity contribution in [1.29, 1.82) is 0 Å². The smallest absolute Gasteiger partial charge is 0.262 e. The van der Waals surface area contributed by atoms with Crippen molar-refractivity contribution in [2.45, 2.75) is 22.3 Å². The number of ether oxygens (including phenoxy) is 1. The minimum atomic E-state index is -3.65. The second-order valence-corrected chi connectivity index (χ2v) is 11.9. The van der Waals surface area contributed by atoms with Gasteiger partial charge in [0.05, 0.1) is 15.2 Å². The predicted octanol–water partition coefficient (Wildman–Crippen LogP) is 3.67. The molecule has 0 aliphatic carbocycles. The number of nitrogens with one attached hydrogen (secondary N) is 1. The summed E-state index contributed by atoms with van der Waals surface area (Å²) >= 11 is 3.70. The molecule has 2 saturated heterocycles. The maximum atomic E-state index is 12.8. The molecule has 0 unspecified atom stereocenters. The Balaban J connectivity index is 1.43. The van der Waals surface area contributed by atoms with Gasteiger partial charge in [-0.05, 0) is 37.1 Å². The maximum Gasteiger partial charge on any atom is 0.262 e. The van der Waals surface area contributed by atoms with Crippen molar-refractivity contribution in [1.82, 2.24) is 4.31 Å². The van der Waals surface area contributed by atoms with E-state index in [4.69, 9.17) is 4.74 Å². The van der Waals surface area contributed by atoms with E-state index in [-0.39, 0.29) is 27.5 Å². The summed E-state index contributed by atoms with van der Waals surface area (Å²) in [5.41, 5.74) is 1.09. The molecule has 0 spiro atoms. The van der Waals surface area contributed by atoms with Crippen molar-refractivity contribution in [3.63, 3.8) is 0 Å². The number of para-hydroxylation sites is 1. The van der Waals surface area contributed by atoms with Gasteiger partial charge in [0.25, 0.3) is 5.91 Å². The van der Waals surface area contributed by atoms with E-state index in [1.54, 1.807) is 0 Å². The third-order valence-corrected chi connectivity index (χ3v) is 10.1. The van der Waals surface area contributed by atoms with E-state index in [2.05, 4.69) is 5.32 Å². The van der Waals surface area contributed by atoms with E-state index >= 15 is 0 Å². The zero-order valence-electron chi connectivity index (χ0n) is 16.8. The highest BCUT2D eigenvalue weighted by molar-refractivity contribution is 8.19. The number of carbonyl (C=O) groups excluding carboxylic acids is 1. The van der Waals surface area contributed by atoms with E-state index < -0.39 is 15.9 Å². The predicted molar refractivity (Wildman–Crippen MR) is 124 cm³/mol. The summed E-state index contributed by atoms with van der Waals surface area (Å²) in [7, 11) is -3.65. The van der Waals surface area contributed by atoms with Crippen LogP contribution in [0.3, 0.4) is 0 Å². The Morgan fingerprint density at radius 1 is 1.13 bits per heavy atom. The van der Waals surface area contributed by atoms with E-state index in [9.17, 15) is 18.3 Å². The first-order chi connectivity index (χ1) is 14.9. The maximum absolute atomic E-state index is 12.8. The Morgan fingerprint density at radius 2 is 1.84 bits per heavy atom. The van der Waals surface area contributed by atoms with Gasteiger partial charge in [0, 0.05) is 30.2 Å². The molecule has 0 saturated carbocycles. The van der Waals surface area contributed by atoms with Gasteiger partial charge >= 0.3 is 0 Å². The fraction of sp³-hybridized carbons (Fsp3) is 0.381. The number of nitrogens with zero attached hydrogens (tertiary/aromatic N) is 1. The Bertz CT molecular complexity index is 1050. The minimum Gasteiger partial charge on any atom is -0.506 e. The van der Waals surface area contributed by atoms with E-state index in [1.165, 1.54) is 22.5 Å².